The maximum atomic E-state index is 12.2. The Balaban J connectivity index is 1.88. The molecule has 4 aromatic rings. The Morgan fingerprint density at radius 1 is 1.00 bits per heavy atom. The van der Waals surface area contributed by atoms with Gasteiger partial charge < -0.3 is 4.98 Å². The first kappa shape index (κ1) is 15.2. The van der Waals surface area contributed by atoms with E-state index in [0.717, 1.165) is 21.5 Å². The van der Waals surface area contributed by atoms with Gasteiger partial charge in [0.25, 0.3) is 5.56 Å². The number of aromatic amines is 1. The van der Waals surface area contributed by atoms with Crippen LogP contribution in [0.15, 0.2) is 63.4 Å². The fourth-order valence-corrected chi connectivity index (χ4v) is 3.77. The molecule has 0 aliphatic heterocycles. The summed E-state index contributed by atoms with van der Waals surface area (Å²) in [4.78, 5) is 25.1. The number of hydrogen-bond donors (Lipinski definition) is 1. The summed E-state index contributed by atoms with van der Waals surface area (Å²) in [6, 6.07) is 14.9. The van der Waals surface area contributed by atoms with Gasteiger partial charge in [0.05, 0.1) is 16.4 Å². The molecule has 118 valence electrons. The van der Waals surface area contributed by atoms with Crippen molar-refractivity contribution >= 4 is 45.2 Å². The number of aryl methyl sites for hydroxylation is 1. The maximum absolute atomic E-state index is 12.2. The molecule has 1 N–H and O–H groups in total. The molecule has 0 saturated heterocycles. The number of H-pyrrole nitrogens is 1. The second-order valence-electron chi connectivity index (χ2n) is 5.41. The van der Waals surface area contributed by atoms with Gasteiger partial charge >= 0.3 is 0 Å². The van der Waals surface area contributed by atoms with Gasteiger partial charge in [-0.3, -0.25) is 9.78 Å². The quantitative estimate of drug-likeness (QED) is 0.536. The molecular weight excluding hydrogens is 342 g/mol. The SMILES string of the molecule is Cc1cc(Sc2nc3ccccc3c(=O)[nH]2)c2cc(Cl)ccc2n1. The summed E-state index contributed by atoms with van der Waals surface area (Å²) in [6.45, 7) is 1.94. The number of rotatable bonds is 2. The van der Waals surface area contributed by atoms with E-state index < -0.39 is 0 Å². The summed E-state index contributed by atoms with van der Waals surface area (Å²) in [5, 5.41) is 2.72. The Hall–Kier alpha value is -2.37. The Morgan fingerprint density at radius 3 is 2.67 bits per heavy atom. The van der Waals surface area contributed by atoms with Gasteiger partial charge in [-0.05, 0) is 43.3 Å². The molecule has 4 rings (SSSR count). The monoisotopic (exact) mass is 353 g/mol. The first-order valence-corrected chi connectivity index (χ1v) is 8.53. The second kappa shape index (κ2) is 5.92. The van der Waals surface area contributed by atoms with Crippen LogP contribution < -0.4 is 5.56 Å². The van der Waals surface area contributed by atoms with Crippen molar-refractivity contribution in [2.45, 2.75) is 17.0 Å². The van der Waals surface area contributed by atoms with Gasteiger partial charge in [-0.2, -0.15) is 0 Å². The maximum Gasteiger partial charge on any atom is 0.259 e. The average molecular weight is 354 g/mol. The highest BCUT2D eigenvalue weighted by Gasteiger charge is 2.10. The molecule has 6 heteroatoms. The lowest BCUT2D eigenvalue weighted by molar-refractivity contribution is 0.974. The Kier molecular flexibility index (Phi) is 3.75. The Morgan fingerprint density at radius 2 is 1.79 bits per heavy atom. The molecule has 0 bridgehead atoms. The molecule has 0 aliphatic carbocycles. The number of fused-ring (bicyclic) bond motifs is 2. The Labute approximate surface area is 146 Å². The number of nitrogens with zero attached hydrogens (tertiary/aromatic N) is 2. The van der Waals surface area contributed by atoms with Crippen LogP contribution in [0.1, 0.15) is 5.69 Å². The van der Waals surface area contributed by atoms with Crippen LogP contribution in [0.5, 0.6) is 0 Å². The van der Waals surface area contributed by atoms with E-state index in [4.69, 9.17) is 11.6 Å². The molecule has 0 unspecified atom stereocenters. The lowest BCUT2D eigenvalue weighted by Gasteiger charge is -2.08. The van der Waals surface area contributed by atoms with Gasteiger partial charge in [-0.25, -0.2) is 4.98 Å². The third kappa shape index (κ3) is 2.77. The van der Waals surface area contributed by atoms with Crippen molar-refractivity contribution in [3.05, 3.63) is 69.6 Å². The van der Waals surface area contributed by atoms with E-state index in [2.05, 4.69) is 15.0 Å². The molecule has 24 heavy (non-hydrogen) atoms. The zero-order valence-electron chi connectivity index (χ0n) is 12.7. The highest BCUT2D eigenvalue weighted by molar-refractivity contribution is 7.99. The molecule has 4 nitrogen and oxygen atoms in total. The molecule has 0 atom stereocenters. The fraction of sp³-hybridized carbons (Fsp3) is 0.0556. The van der Waals surface area contributed by atoms with Crippen LogP contribution in [0.4, 0.5) is 0 Å². The molecule has 0 aliphatic rings. The van der Waals surface area contributed by atoms with Crippen molar-refractivity contribution in [3.8, 4) is 0 Å². The predicted octanol–water partition coefficient (Wildman–Crippen LogP) is 4.58. The van der Waals surface area contributed by atoms with Crippen molar-refractivity contribution in [1.29, 1.82) is 0 Å². The smallest absolute Gasteiger partial charge is 0.259 e. The third-order valence-electron chi connectivity index (χ3n) is 3.66. The first-order valence-electron chi connectivity index (χ1n) is 7.34. The minimum Gasteiger partial charge on any atom is -0.301 e. The van der Waals surface area contributed by atoms with Gasteiger partial charge in [-0.15, -0.1) is 0 Å². The number of hydrogen-bond acceptors (Lipinski definition) is 4. The lowest BCUT2D eigenvalue weighted by atomic mass is 10.2. The van der Waals surface area contributed by atoms with Gasteiger partial charge in [0.2, 0.25) is 0 Å². The molecule has 2 aromatic carbocycles. The number of aromatic nitrogens is 3. The standard InChI is InChI=1S/C18H12ClN3OS/c1-10-8-16(13-9-11(19)6-7-15(13)20-10)24-18-21-14-5-3-2-4-12(14)17(23)22-18/h2-9H,1H3,(H,21,22,23). The van der Waals surface area contributed by atoms with Gasteiger partial charge in [0.1, 0.15) is 0 Å². The molecule has 0 fully saturated rings. The van der Waals surface area contributed by atoms with Crippen molar-refractivity contribution in [1.82, 2.24) is 15.0 Å². The van der Waals surface area contributed by atoms with Crippen LogP contribution in [0.25, 0.3) is 21.8 Å². The zero-order valence-corrected chi connectivity index (χ0v) is 14.3. The molecule has 0 amide bonds. The van der Waals surface area contributed by atoms with E-state index in [1.165, 1.54) is 11.8 Å². The number of nitrogens with one attached hydrogen (secondary N) is 1. The third-order valence-corrected chi connectivity index (χ3v) is 4.84. The van der Waals surface area contributed by atoms with Crippen LogP contribution in [0.3, 0.4) is 0 Å². The number of para-hydroxylation sites is 1. The highest BCUT2D eigenvalue weighted by atomic mass is 35.5. The summed E-state index contributed by atoms with van der Waals surface area (Å²) < 4.78 is 0. The van der Waals surface area contributed by atoms with Gasteiger partial charge in [0, 0.05) is 21.0 Å². The lowest BCUT2D eigenvalue weighted by Crippen LogP contribution is -2.08. The van der Waals surface area contributed by atoms with E-state index in [1.807, 2.05) is 49.4 Å². The van der Waals surface area contributed by atoms with Gasteiger partial charge in [0.15, 0.2) is 5.16 Å². The van der Waals surface area contributed by atoms with Crippen molar-refractivity contribution in [2.24, 2.45) is 0 Å². The van der Waals surface area contributed by atoms with E-state index in [-0.39, 0.29) is 5.56 Å². The topological polar surface area (TPSA) is 58.6 Å². The summed E-state index contributed by atoms with van der Waals surface area (Å²) in [5.41, 5.74) is 2.30. The fourth-order valence-electron chi connectivity index (χ4n) is 2.59. The van der Waals surface area contributed by atoms with Crippen molar-refractivity contribution < 1.29 is 0 Å². The minimum absolute atomic E-state index is 0.142. The normalized spacial score (nSPS) is 11.2. The largest absolute Gasteiger partial charge is 0.301 e. The van der Waals surface area contributed by atoms with E-state index in [1.54, 1.807) is 6.07 Å². The second-order valence-corrected chi connectivity index (χ2v) is 6.88. The molecule has 0 radical (unpaired) electrons. The predicted molar refractivity (Wildman–Crippen MR) is 98.0 cm³/mol. The molecule has 2 heterocycles. The molecule has 2 aromatic heterocycles. The van der Waals surface area contributed by atoms with E-state index >= 15 is 0 Å². The van der Waals surface area contributed by atoms with Crippen LogP contribution in [-0.4, -0.2) is 15.0 Å². The number of pyridine rings is 1. The average Bonchev–Trinajstić information content (AvgIpc) is 2.55. The number of benzene rings is 2. The Bertz CT molecular complexity index is 1140. The summed E-state index contributed by atoms with van der Waals surface area (Å²) >= 11 is 7.53. The van der Waals surface area contributed by atoms with Crippen molar-refractivity contribution in [3.63, 3.8) is 0 Å². The van der Waals surface area contributed by atoms with Crippen LogP contribution in [0, 0.1) is 6.92 Å². The molecular formula is C18H12ClN3OS. The zero-order chi connectivity index (χ0) is 16.7. The van der Waals surface area contributed by atoms with E-state index in [9.17, 15) is 4.79 Å². The summed E-state index contributed by atoms with van der Waals surface area (Å²) in [6.07, 6.45) is 0. The summed E-state index contributed by atoms with van der Waals surface area (Å²) in [5.74, 6) is 0. The highest BCUT2D eigenvalue weighted by Crippen LogP contribution is 2.33. The van der Waals surface area contributed by atoms with Crippen LogP contribution in [0.2, 0.25) is 5.02 Å². The molecule has 0 saturated carbocycles. The molecule has 0 spiro atoms. The van der Waals surface area contributed by atoms with Crippen molar-refractivity contribution in [2.75, 3.05) is 0 Å². The number of halogens is 1. The van der Waals surface area contributed by atoms with Crippen LogP contribution in [-0.2, 0) is 0 Å². The van der Waals surface area contributed by atoms with E-state index in [0.29, 0.717) is 21.1 Å². The first-order chi connectivity index (χ1) is 11.6. The minimum atomic E-state index is -0.142. The summed E-state index contributed by atoms with van der Waals surface area (Å²) in [7, 11) is 0. The van der Waals surface area contributed by atoms with Crippen LogP contribution >= 0.6 is 23.4 Å². The van der Waals surface area contributed by atoms with Gasteiger partial charge in [-0.1, -0.05) is 35.5 Å².